The molecule has 2 rings (SSSR count). The predicted octanol–water partition coefficient (Wildman–Crippen LogP) is 6.63. The maximum atomic E-state index is 3.84. The summed E-state index contributed by atoms with van der Waals surface area (Å²) in [4.78, 5) is 5.11. The summed E-state index contributed by atoms with van der Waals surface area (Å²) in [5, 5.41) is 3.12. The van der Waals surface area contributed by atoms with Gasteiger partial charge in [-0.25, -0.2) is 0 Å². The van der Waals surface area contributed by atoms with Crippen LogP contribution >= 0.6 is 11.3 Å². The number of hydrogen-bond acceptors (Lipinski definition) is 3. The van der Waals surface area contributed by atoms with E-state index in [1.807, 2.05) is 39.5 Å². The molecule has 0 spiro atoms. The van der Waals surface area contributed by atoms with Gasteiger partial charge in [0.25, 0.3) is 0 Å². The molecule has 0 saturated carbocycles. The first kappa shape index (κ1) is 22.9. The molecule has 0 bridgehead atoms. The first-order valence-electron chi connectivity index (χ1n) is 8.15. The van der Waals surface area contributed by atoms with Crippen molar-refractivity contribution in [2.24, 2.45) is 0 Å². The van der Waals surface area contributed by atoms with Crippen LogP contribution in [0.3, 0.4) is 0 Å². The number of hydrogen-bond donors (Lipinski definition) is 1. The Kier molecular flexibility index (Phi) is 16.7. The number of nitrogens with zero attached hydrogens (tertiary/aromatic N) is 1. The maximum absolute atomic E-state index is 3.84. The van der Waals surface area contributed by atoms with Crippen LogP contribution in [0, 0.1) is 20.8 Å². The Hall–Kier alpha value is -1.35. The first-order valence-corrected chi connectivity index (χ1v) is 9.03. The van der Waals surface area contributed by atoms with Crippen LogP contribution in [0.1, 0.15) is 56.5 Å². The molecule has 0 atom stereocenters. The Morgan fingerprint density at radius 1 is 1.05 bits per heavy atom. The third-order valence-electron chi connectivity index (χ3n) is 2.71. The van der Waals surface area contributed by atoms with Gasteiger partial charge < -0.3 is 5.32 Å². The topological polar surface area (TPSA) is 24.9 Å². The van der Waals surface area contributed by atoms with E-state index < -0.39 is 0 Å². The second-order valence-electron chi connectivity index (χ2n) is 4.68. The highest BCUT2D eigenvalue weighted by atomic mass is 32.1. The van der Waals surface area contributed by atoms with E-state index in [-0.39, 0.29) is 0 Å². The van der Waals surface area contributed by atoms with Crippen molar-refractivity contribution in [1.29, 1.82) is 0 Å². The zero-order valence-corrected chi connectivity index (χ0v) is 16.5. The summed E-state index contributed by atoms with van der Waals surface area (Å²) in [6.45, 7) is 14.6. The molecule has 0 fully saturated rings. The van der Waals surface area contributed by atoms with Gasteiger partial charge in [0.05, 0.1) is 5.51 Å². The second kappa shape index (κ2) is 16.0. The standard InChI is InChI=1S/C9H13N.C4H5NS.C4H10.C2H6/c1-7-4-5-9(10-3)8(2)6-7;1-4-2-5-3-6-4;1-3-4-2;1-2/h4-6,10H,1-3H3;2-3H,1H3;3-4H2,1-2H3;1-2H3. The van der Waals surface area contributed by atoms with Crippen LogP contribution in [-0.2, 0) is 0 Å². The number of aryl methyl sites for hydroxylation is 3. The van der Waals surface area contributed by atoms with E-state index in [0.717, 1.165) is 0 Å². The SMILES string of the molecule is CC.CCCC.CNc1ccc(C)cc1C.Cc1cncs1. The molecule has 0 radical (unpaired) electrons. The lowest BCUT2D eigenvalue weighted by Crippen LogP contribution is -1.90. The van der Waals surface area contributed by atoms with Crippen LogP contribution in [-0.4, -0.2) is 12.0 Å². The molecule has 1 heterocycles. The minimum atomic E-state index is 1.21. The van der Waals surface area contributed by atoms with E-state index >= 15 is 0 Å². The number of unbranched alkanes of at least 4 members (excludes halogenated alkanes) is 1. The van der Waals surface area contributed by atoms with Crippen LogP contribution in [0.4, 0.5) is 5.69 Å². The smallest absolute Gasteiger partial charge is 0.0794 e. The second-order valence-corrected chi connectivity index (χ2v) is 5.77. The van der Waals surface area contributed by atoms with Crippen molar-refractivity contribution in [2.45, 2.75) is 61.3 Å². The number of nitrogens with one attached hydrogen (secondary N) is 1. The highest BCUT2D eigenvalue weighted by molar-refractivity contribution is 7.09. The number of aromatic nitrogens is 1. The van der Waals surface area contributed by atoms with Crippen molar-refractivity contribution in [3.8, 4) is 0 Å². The zero-order valence-electron chi connectivity index (χ0n) is 15.7. The van der Waals surface area contributed by atoms with Gasteiger partial charge in [0.2, 0.25) is 0 Å². The maximum Gasteiger partial charge on any atom is 0.0794 e. The van der Waals surface area contributed by atoms with Gasteiger partial charge in [-0.3, -0.25) is 4.98 Å². The number of thiazole rings is 1. The van der Waals surface area contributed by atoms with Gasteiger partial charge in [-0.15, -0.1) is 11.3 Å². The molecule has 3 heteroatoms. The van der Waals surface area contributed by atoms with Gasteiger partial charge >= 0.3 is 0 Å². The van der Waals surface area contributed by atoms with Crippen molar-refractivity contribution in [3.05, 3.63) is 45.9 Å². The molecule has 0 aliphatic heterocycles. The van der Waals surface area contributed by atoms with Crippen LogP contribution in [0.2, 0.25) is 0 Å². The van der Waals surface area contributed by atoms with Crippen molar-refractivity contribution < 1.29 is 0 Å². The van der Waals surface area contributed by atoms with Gasteiger partial charge in [0, 0.05) is 23.8 Å². The lowest BCUT2D eigenvalue weighted by Gasteiger charge is -2.04. The fourth-order valence-corrected chi connectivity index (χ4v) is 1.78. The molecule has 0 saturated heterocycles. The number of benzene rings is 1. The monoisotopic (exact) mass is 322 g/mol. The third-order valence-corrected chi connectivity index (χ3v) is 3.41. The van der Waals surface area contributed by atoms with Crippen molar-refractivity contribution in [2.75, 3.05) is 12.4 Å². The van der Waals surface area contributed by atoms with Crippen molar-refractivity contribution in [1.82, 2.24) is 4.98 Å². The van der Waals surface area contributed by atoms with Gasteiger partial charge in [-0.1, -0.05) is 58.2 Å². The van der Waals surface area contributed by atoms with Gasteiger partial charge in [-0.2, -0.15) is 0 Å². The molecule has 0 amide bonds. The van der Waals surface area contributed by atoms with E-state index in [9.17, 15) is 0 Å². The molecule has 1 N–H and O–H groups in total. The summed E-state index contributed by atoms with van der Waals surface area (Å²) in [5.74, 6) is 0. The van der Waals surface area contributed by atoms with E-state index in [4.69, 9.17) is 0 Å². The Morgan fingerprint density at radius 3 is 1.91 bits per heavy atom. The van der Waals surface area contributed by atoms with Crippen LogP contribution in [0.25, 0.3) is 0 Å². The zero-order chi connectivity index (χ0) is 17.4. The van der Waals surface area contributed by atoms with E-state index in [1.54, 1.807) is 11.3 Å². The minimum Gasteiger partial charge on any atom is -0.388 e. The lowest BCUT2D eigenvalue weighted by atomic mass is 10.1. The molecule has 126 valence electrons. The molecule has 1 aromatic heterocycles. The van der Waals surface area contributed by atoms with Gasteiger partial charge in [-0.05, 0) is 32.4 Å². The van der Waals surface area contributed by atoms with E-state index in [2.05, 4.69) is 56.2 Å². The van der Waals surface area contributed by atoms with Gasteiger partial charge in [0.15, 0.2) is 0 Å². The average molecular weight is 323 g/mol. The first-order chi connectivity index (χ1) is 10.5. The van der Waals surface area contributed by atoms with E-state index in [0.29, 0.717) is 0 Å². The largest absolute Gasteiger partial charge is 0.388 e. The minimum absolute atomic E-state index is 1.21. The molecule has 2 nitrogen and oxygen atoms in total. The summed E-state index contributed by atoms with van der Waals surface area (Å²) >= 11 is 1.67. The Bertz CT molecular complexity index is 448. The predicted molar refractivity (Wildman–Crippen MR) is 104 cm³/mol. The summed E-state index contributed by atoms with van der Waals surface area (Å²) in [6, 6.07) is 6.38. The normalized spacial score (nSPS) is 8.36. The molecule has 22 heavy (non-hydrogen) atoms. The summed E-state index contributed by atoms with van der Waals surface area (Å²) < 4.78 is 0. The Morgan fingerprint density at radius 2 is 1.64 bits per heavy atom. The molecule has 2 aromatic rings. The molecular formula is C19H34N2S. The van der Waals surface area contributed by atoms with Crippen molar-refractivity contribution in [3.63, 3.8) is 0 Å². The lowest BCUT2D eigenvalue weighted by molar-refractivity contribution is 0.886. The Balaban J connectivity index is 0. The van der Waals surface area contributed by atoms with Crippen LogP contribution in [0.5, 0.6) is 0 Å². The Labute approximate surface area is 142 Å². The number of rotatable bonds is 2. The highest BCUT2D eigenvalue weighted by Gasteiger charge is 1.92. The average Bonchev–Trinajstić information content (AvgIpc) is 3.01. The summed E-state index contributed by atoms with van der Waals surface area (Å²) in [7, 11) is 1.94. The van der Waals surface area contributed by atoms with Crippen LogP contribution < -0.4 is 5.32 Å². The quantitative estimate of drug-likeness (QED) is 0.671. The summed E-state index contributed by atoms with van der Waals surface area (Å²) in [6.07, 6.45) is 4.49. The molecule has 0 unspecified atom stereocenters. The number of anilines is 1. The molecule has 0 aliphatic rings. The molecular weight excluding hydrogens is 288 g/mol. The molecule has 1 aromatic carbocycles. The highest BCUT2D eigenvalue weighted by Crippen LogP contribution is 2.14. The van der Waals surface area contributed by atoms with Crippen molar-refractivity contribution >= 4 is 17.0 Å². The fourth-order valence-electron chi connectivity index (χ4n) is 1.37. The van der Waals surface area contributed by atoms with E-state index in [1.165, 1.54) is 34.5 Å². The third kappa shape index (κ3) is 12.4. The summed E-state index contributed by atoms with van der Waals surface area (Å²) in [5.41, 5.74) is 5.67. The molecule has 0 aliphatic carbocycles. The fraction of sp³-hybridized carbons (Fsp3) is 0.526. The van der Waals surface area contributed by atoms with Crippen LogP contribution in [0.15, 0.2) is 29.9 Å². The van der Waals surface area contributed by atoms with Gasteiger partial charge in [0.1, 0.15) is 0 Å².